The minimum atomic E-state index is -0.272. The smallest absolute Gasteiger partial charge is 0.256 e. The van der Waals surface area contributed by atoms with Gasteiger partial charge in [0.05, 0.1) is 24.3 Å². The van der Waals surface area contributed by atoms with Crippen LogP contribution in [-0.4, -0.2) is 13.0 Å². The molecule has 0 unspecified atom stereocenters. The Labute approximate surface area is 125 Å². The fourth-order valence-corrected chi connectivity index (χ4v) is 2.10. The van der Waals surface area contributed by atoms with Crippen molar-refractivity contribution in [3.8, 4) is 11.8 Å². The molecule has 1 amide bonds. The molecule has 0 spiro atoms. The molecule has 5 heteroatoms. The lowest BCUT2D eigenvalue weighted by Gasteiger charge is -2.08. The summed E-state index contributed by atoms with van der Waals surface area (Å²) in [7, 11) is 1.54. The molecule has 0 atom stereocenters. The molecule has 0 saturated heterocycles. The van der Waals surface area contributed by atoms with Gasteiger partial charge in [0.1, 0.15) is 5.75 Å². The van der Waals surface area contributed by atoms with Crippen LogP contribution >= 0.6 is 15.9 Å². The molecule has 0 aliphatic heterocycles. The van der Waals surface area contributed by atoms with Crippen LogP contribution in [0.3, 0.4) is 0 Å². The van der Waals surface area contributed by atoms with Crippen molar-refractivity contribution in [2.24, 2.45) is 0 Å². The molecule has 2 aromatic carbocycles. The van der Waals surface area contributed by atoms with Gasteiger partial charge in [0.25, 0.3) is 5.91 Å². The van der Waals surface area contributed by atoms with Gasteiger partial charge in [0.15, 0.2) is 0 Å². The number of hydrogen-bond acceptors (Lipinski definition) is 3. The van der Waals surface area contributed by atoms with Crippen molar-refractivity contribution >= 4 is 27.5 Å². The lowest BCUT2D eigenvalue weighted by atomic mass is 10.1. The molecule has 0 aliphatic carbocycles. The van der Waals surface area contributed by atoms with Gasteiger partial charge in [-0.1, -0.05) is 6.07 Å². The Balaban J connectivity index is 2.26. The minimum Gasteiger partial charge on any atom is -0.497 e. The molecule has 1 N–H and O–H groups in total. The summed E-state index contributed by atoms with van der Waals surface area (Å²) in [5.41, 5.74) is 1.53. The van der Waals surface area contributed by atoms with Gasteiger partial charge >= 0.3 is 0 Å². The third-order valence-electron chi connectivity index (χ3n) is 2.67. The summed E-state index contributed by atoms with van der Waals surface area (Å²) < 4.78 is 5.78. The van der Waals surface area contributed by atoms with Crippen LogP contribution in [0.1, 0.15) is 15.9 Å². The van der Waals surface area contributed by atoms with Crippen molar-refractivity contribution in [1.82, 2.24) is 0 Å². The Kier molecular flexibility index (Phi) is 4.38. The topological polar surface area (TPSA) is 62.1 Å². The first-order chi connectivity index (χ1) is 9.63. The van der Waals surface area contributed by atoms with Crippen LogP contribution in [0.15, 0.2) is 46.9 Å². The number of rotatable bonds is 3. The van der Waals surface area contributed by atoms with E-state index in [9.17, 15) is 4.79 Å². The number of anilines is 1. The summed E-state index contributed by atoms with van der Waals surface area (Å²) in [5, 5.41) is 11.6. The van der Waals surface area contributed by atoms with E-state index in [4.69, 9.17) is 10.00 Å². The minimum absolute atomic E-state index is 0.272. The van der Waals surface area contributed by atoms with E-state index in [1.807, 2.05) is 6.07 Å². The van der Waals surface area contributed by atoms with Crippen LogP contribution in [0.25, 0.3) is 0 Å². The summed E-state index contributed by atoms with van der Waals surface area (Å²) in [6.45, 7) is 0. The van der Waals surface area contributed by atoms with E-state index in [1.54, 1.807) is 49.6 Å². The molecule has 0 aliphatic rings. The highest BCUT2D eigenvalue weighted by atomic mass is 79.9. The van der Waals surface area contributed by atoms with Gasteiger partial charge in [-0.3, -0.25) is 4.79 Å². The average Bonchev–Trinajstić information content (AvgIpc) is 2.47. The lowest BCUT2D eigenvalue weighted by molar-refractivity contribution is 0.102. The van der Waals surface area contributed by atoms with Gasteiger partial charge in [-0.15, -0.1) is 0 Å². The SMILES string of the molecule is COc1ccc(Br)c(C(=O)Nc2cccc(C#N)c2)c1. The van der Waals surface area contributed by atoms with E-state index in [0.29, 0.717) is 27.0 Å². The Morgan fingerprint density at radius 1 is 1.30 bits per heavy atom. The Hall–Kier alpha value is -2.32. The average molecular weight is 331 g/mol. The van der Waals surface area contributed by atoms with Crippen LogP contribution in [0.4, 0.5) is 5.69 Å². The molecule has 0 fully saturated rings. The Morgan fingerprint density at radius 3 is 2.80 bits per heavy atom. The fourth-order valence-electron chi connectivity index (χ4n) is 1.67. The number of nitrogens with zero attached hydrogens (tertiary/aromatic N) is 1. The standard InChI is InChI=1S/C15H11BrN2O2/c1-20-12-5-6-14(16)13(8-12)15(19)18-11-4-2-3-10(7-11)9-17/h2-8H,1H3,(H,18,19). The highest BCUT2D eigenvalue weighted by molar-refractivity contribution is 9.10. The molecule has 0 radical (unpaired) electrons. The normalized spacial score (nSPS) is 9.65. The van der Waals surface area contributed by atoms with Gasteiger partial charge in [0, 0.05) is 10.2 Å². The number of nitriles is 1. The summed E-state index contributed by atoms with van der Waals surface area (Å²) in [6, 6.07) is 13.9. The molecular formula is C15H11BrN2O2. The van der Waals surface area contributed by atoms with Crippen molar-refractivity contribution in [2.45, 2.75) is 0 Å². The van der Waals surface area contributed by atoms with E-state index < -0.39 is 0 Å². The molecular weight excluding hydrogens is 320 g/mol. The van der Waals surface area contributed by atoms with Crippen molar-refractivity contribution < 1.29 is 9.53 Å². The molecule has 0 saturated carbocycles. The van der Waals surface area contributed by atoms with Crippen LogP contribution in [0.2, 0.25) is 0 Å². The zero-order chi connectivity index (χ0) is 14.5. The number of hydrogen-bond donors (Lipinski definition) is 1. The third-order valence-corrected chi connectivity index (χ3v) is 3.36. The van der Waals surface area contributed by atoms with Crippen molar-refractivity contribution in [1.29, 1.82) is 5.26 Å². The maximum atomic E-state index is 12.2. The number of carbonyl (C=O) groups is 1. The fraction of sp³-hybridized carbons (Fsp3) is 0.0667. The maximum absolute atomic E-state index is 12.2. The van der Waals surface area contributed by atoms with Gasteiger partial charge in [-0.05, 0) is 52.3 Å². The number of carbonyl (C=O) groups excluding carboxylic acids is 1. The highest BCUT2D eigenvalue weighted by Gasteiger charge is 2.11. The second-order valence-electron chi connectivity index (χ2n) is 3.99. The lowest BCUT2D eigenvalue weighted by Crippen LogP contribution is -2.12. The molecule has 2 rings (SSSR count). The van der Waals surface area contributed by atoms with Gasteiger partial charge in [-0.2, -0.15) is 5.26 Å². The van der Waals surface area contributed by atoms with E-state index in [0.717, 1.165) is 0 Å². The van der Waals surface area contributed by atoms with Crippen molar-refractivity contribution in [2.75, 3.05) is 12.4 Å². The second-order valence-corrected chi connectivity index (χ2v) is 4.85. The second kappa shape index (κ2) is 6.22. The molecule has 2 aromatic rings. The first kappa shape index (κ1) is 14.1. The number of methoxy groups -OCH3 is 1. The van der Waals surface area contributed by atoms with E-state index in [1.165, 1.54) is 0 Å². The first-order valence-corrected chi connectivity index (χ1v) is 6.58. The van der Waals surface area contributed by atoms with E-state index >= 15 is 0 Å². The predicted molar refractivity (Wildman–Crippen MR) is 79.8 cm³/mol. The zero-order valence-electron chi connectivity index (χ0n) is 10.7. The first-order valence-electron chi connectivity index (χ1n) is 5.79. The third kappa shape index (κ3) is 3.16. The van der Waals surface area contributed by atoms with E-state index in [2.05, 4.69) is 21.2 Å². The largest absolute Gasteiger partial charge is 0.497 e. The zero-order valence-corrected chi connectivity index (χ0v) is 12.3. The summed E-state index contributed by atoms with van der Waals surface area (Å²) in [5.74, 6) is 0.329. The van der Waals surface area contributed by atoms with Crippen molar-refractivity contribution in [3.05, 3.63) is 58.1 Å². The number of benzene rings is 2. The van der Waals surface area contributed by atoms with E-state index in [-0.39, 0.29) is 5.91 Å². The summed E-state index contributed by atoms with van der Waals surface area (Å²) in [4.78, 5) is 12.2. The molecule has 20 heavy (non-hydrogen) atoms. The Bertz CT molecular complexity index is 693. The number of halogens is 1. The summed E-state index contributed by atoms with van der Waals surface area (Å²) >= 11 is 3.33. The monoisotopic (exact) mass is 330 g/mol. The van der Waals surface area contributed by atoms with Crippen LogP contribution < -0.4 is 10.1 Å². The number of ether oxygens (including phenoxy) is 1. The Morgan fingerprint density at radius 2 is 2.10 bits per heavy atom. The quantitative estimate of drug-likeness (QED) is 0.935. The molecule has 0 heterocycles. The predicted octanol–water partition coefficient (Wildman–Crippen LogP) is 3.58. The number of nitrogens with one attached hydrogen (secondary N) is 1. The van der Waals surface area contributed by atoms with Gasteiger partial charge in [0.2, 0.25) is 0 Å². The van der Waals surface area contributed by atoms with Gasteiger partial charge in [-0.25, -0.2) is 0 Å². The molecule has 4 nitrogen and oxygen atoms in total. The van der Waals surface area contributed by atoms with Crippen LogP contribution in [0.5, 0.6) is 5.75 Å². The molecule has 0 aromatic heterocycles. The van der Waals surface area contributed by atoms with Gasteiger partial charge < -0.3 is 10.1 Å². The van der Waals surface area contributed by atoms with Crippen LogP contribution in [-0.2, 0) is 0 Å². The van der Waals surface area contributed by atoms with Crippen molar-refractivity contribution in [3.63, 3.8) is 0 Å². The number of amides is 1. The maximum Gasteiger partial charge on any atom is 0.256 e. The molecule has 0 bridgehead atoms. The van der Waals surface area contributed by atoms with Crippen LogP contribution in [0, 0.1) is 11.3 Å². The molecule has 100 valence electrons. The highest BCUT2D eigenvalue weighted by Crippen LogP contribution is 2.23. The summed E-state index contributed by atoms with van der Waals surface area (Å²) in [6.07, 6.45) is 0.